The molecule has 28 heavy (non-hydrogen) atoms. The quantitative estimate of drug-likeness (QED) is 0.539. The highest BCUT2D eigenvalue weighted by Crippen LogP contribution is 2.27. The molecule has 0 fully saturated rings. The second-order valence-electron chi connectivity index (χ2n) is 5.74. The maximum atomic E-state index is 12.0. The van der Waals surface area contributed by atoms with E-state index in [-0.39, 0.29) is 18.9 Å². The summed E-state index contributed by atoms with van der Waals surface area (Å²) in [5.74, 6) is 0.0182. The van der Waals surface area contributed by atoms with Crippen molar-refractivity contribution in [3.63, 3.8) is 0 Å². The molecule has 2 rings (SSSR count). The molecule has 0 aliphatic rings. The fourth-order valence-corrected chi connectivity index (χ4v) is 2.15. The largest absolute Gasteiger partial charge is 0.493 e. The van der Waals surface area contributed by atoms with Crippen LogP contribution in [0.25, 0.3) is 0 Å². The molecule has 0 unspecified atom stereocenters. The smallest absolute Gasteiger partial charge is 0.262 e. The Hall–Kier alpha value is -3.86. The molecule has 2 aromatic rings. The van der Waals surface area contributed by atoms with Gasteiger partial charge in [-0.25, -0.2) is 5.43 Å². The zero-order valence-electron chi connectivity index (χ0n) is 15.6. The molecule has 0 spiro atoms. The maximum absolute atomic E-state index is 12.0. The first-order valence-corrected chi connectivity index (χ1v) is 8.38. The van der Waals surface area contributed by atoms with Crippen LogP contribution in [0.2, 0.25) is 0 Å². The van der Waals surface area contributed by atoms with E-state index in [9.17, 15) is 9.59 Å². The molecule has 8 nitrogen and oxygen atoms in total. The Morgan fingerprint density at radius 2 is 1.89 bits per heavy atom. The Labute approximate surface area is 162 Å². The van der Waals surface area contributed by atoms with Crippen LogP contribution in [-0.4, -0.2) is 31.7 Å². The van der Waals surface area contributed by atoms with Gasteiger partial charge >= 0.3 is 0 Å². The average molecular weight is 380 g/mol. The molecule has 0 aliphatic heterocycles. The van der Waals surface area contributed by atoms with Crippen molar-refractivity contribution in [1.29, 1.82) is 5.26 Å². The molecular formula is C20H20N4O4. The number of nitrogens with zero attached hydrogens (tertiary/aromatic N) is 2. The lowest BCUT2D eigenvalue weighted by molar-refractivity contribution is -0.120. The second kappa shape index (κ2) is 10.3. The lowest BCUT2D eigenvalue weighted by atomic mass is 10.2. The molecule has 0 bridgehead atoms. The van der Waals surface area contributed by atoms with Gasteiger partial charge in [0.05, 0.1) is 19.4 Å². The Balaban J connectivity index is 1.93. The number of rotatable bonds is 8. The van der Waals surface area contributed by atoms with Crippen LogP contribution in [0.3, 0.4) is 0 Å². The number of methoxy groups -OCH3 is 1. The predicted octanol–water partition coefficient (Wildman–Crippen LogP) is 2.38. The first kappa shape index (κ1) is 20.5. The van der Waals surface area contributed by atoms with Crippen LogP contribution < -0.4 is 20.2 Å². The van der Waals surface area contributed by atoms with Crippen molar-refractivity contribution in [3.8, 4) is 17.6 Å². The standard InChI is InChI=1S/C20H20N4O4/c1-14-3-6-16(7-4-14)23-20(26)13-28-17-8-5-15(11-18(17)27-2)12-22-24-19(25)9-10-21/h3-8,11-12H,9,13H2,1-2H3,(H,23,26)(H,24,25)/b22-12+. The van der Waals surface area contributed by atoms with Crippen LogP contribution in [0.4, 0.5) is 5.69 Å². The number of hydrogen-bond donors (Lipinski definition) is 2. The first-order chi connectivity index (χ1) is 13.5. The van der Waals surface area contributed by atoms with Gasteiger partial charge in [-0.05, 0) is 42.8 Å². The van der Waals surface area contributed by atoms with Gasteiger partial charge in [-0.15, -0.1) is 0 Å². The topological polar surface area (TPSA) is 113 Å². The summed E-state index contributed by atoms with van der Waals surface area (Å²) in [6.07, 6.45) is 1.14. The van der Waals surface area contributed by atoms with Gasteiger partial charge < -0.3 is 14.8 Å². The zero-order valence-corrected chi connectivity index (χ0v) is 15.6. The van der Waals surface area contributed by atoms with Crippen molar-refractivity contribution in [2.75, 3.05) is 19.0 Å². The van der Waals surface area contributed by atoms with Gasteiger partial charge in [0.1, 0.15) is 6.42 Å². The molecule has 2 N–H and O–H groups in total. The number of anilines is 1. The van der Waals surface area contributed by atoms with E-state index in [0.717, 1.165) is 5.56 Å². The number of ether oxygens (including phenoxy) is 2. The number of nitriles is 1. The maximum Gasteiger partial charge on any atom is 0.262 e. The molecule has 0 aromatic heterocycles. The molecule has 0 atom stereocenters. The van der Waals surface area contributed by atoms with Crippen molar-refractivity contribution in [3.05, 3.63) is 53.6 Å². The van der Waals surface area contributed by atoms with Gasteiger partial charge in [-0.2, -0.15) is 10.4 Å². The van der Waals surface area contributed by atoms with Crippen LogP contribution in [0.5, 0.6) is 11.5 Å². The zero-order chi connectivity index (χ0) is 20.4. The van der Waals surface area contributed by atoms with E-state index in [1.807, 2.05) is 31.2 Å². The molecule has 0 heterocycles. The number of amides is 2. The molecule has 0 saturated heterocycles. The Morgan fingerprint density at radius 3 is 2.57 bits per heavy atom. The van der Waals surface area contributed by atoms with E-state index in [4.69, 9.17) is 14.7 Å². The summed E-state index contributed by atoms with van der Waals surface area (Å²) in [6, 6.07) is 14.1. The van der Waals surface area contributed by atoms with Gasteiger partial charge in [0.2, 0.25) is 0 Å². The minimum atomic E-state index is -0.495. The monoisotopic (exact) mass is 380 g/mol. The third-order valence-electron chi connectivity index (χ3n) is 3.52. The second-order valence-corrected chi connectivity index (χ2v) is 5.74. The fourth-order valence-electron chi connectivity index (χ4n) is 2.15. The number of hydrogen-bond acceptors (Lipinski definition) is 6. The van der Waals surface area contributed by atoms with E-state index < -0.39 is 5.91 Å². The summed E-state index contributed by atoms with van der Waals surface area (Å²) < 4.78 is 10.8. The van der Waals surface area contributed by atoms with E-state index in [2.05, 4.69) is 15.8 Å². The molecule has 2 amide bonds. The Bertz CT molecular complexity index is 901. The third kappa shape index (κ3) is 6.46. The van der Waals surface area contributed by atoms with Crippen LogP contribution >= 0.6 is 0 Å². The SMILES string of the molecule is COc1cc(/C=N/NC(=O)CC#N)ccc1OCC(=O)Nc1ccc(C)cc1. The summed E-state index contributed by atoms with van der Waals surface area (Å²) in [7, 11) is 1.48. The van der Waals surface area contributed by atoms with Crippen LogP contribution in [-0.2, 0) is 9.59 Å². The summed E-state index contributed by atoms with van der Waals surface area (Å²) in [4.78, 5) is 23.2. The van der Waals surface area contributed by atoms with Gasteiger partial charge in [-0.3, -0.25) is 9.59 Å². The minimum Gasteiger partial charge on any atom is -0.493 e. The number of aryl methyl sites for hydroxylation is 1. The van der Waals surface area contributed by atoms with Crippen molar-refractivity contribution >= 4 is 23.7 Å². The van der Waals surface area contributed by atoms with Crippen molar-refractivity contribution in [2.24, 2.45) is 5.10 Å². The molecule has 0 radical (unpaired) electrons. The van der Waals surface area contributed by atoms with E-state index in [0.29, 0.717) is 22.7 Å². The van der Waals surface area contributed by atoms with Gasteiger partial charge in [0.15, 0.2) is 18.1 Å². The summed E-state index contributed by atoms with van der Waals surface area (Å²) in [6.45, 7) is 1.79. The summed E-state index contributed by atoms with van der Waals surface area (Å²) in [5.41, 5.74) is 4.67. The van der Waals surface area contributed by atoms with E-state index >= 15 is 0 Å². The molecule has 0 saturated carbocycles. The molecule has 2 aromatic carbocycles. The van der Waals surface area contributed by atoms with Gasteiger partial charge in [-0.1, -0.05) is 17.7 Å². The van der Waals surface area contributed by atoms with Gasteiger partial charge in [0.25, 0.3) is 11.8 Å². The fraction of sp³-hybridized carbons (Fsp3) is 0.200. The van der Waals surface area contributed by atoms with E-state index in [1.54, 1.807) is 24.3 Å². The van der Waals surface area contributed by atoms with Crippen LogP contribution in [0, 0.1) is 18.3 Å². The average Bonchev–Trinajstić information content (AvgIpc) is 2.68. The van der Waals surface area contributed by atoms with Crippen molar-refractivity contribution in [2.45, 2.75) is 13.3 Å². The number of carbonyl (C=O) groups is 2. The molecule has 8 heteroatoms. The normalized spacial score (nSPS) is 10.2. The number of hydrazone groups is 1. The molecule has 144 valence electrons. The van der Waals surface area contributed by atoms with Crippen LogP contribution in [0.1, 0.15) is 17.5 Å². The summed E-state index contributed by atoms with van der Waals surface area (Å²) in [5, 5.41) is 14.9. The highest BCUT2D eigenvalue weighted by molar-refractivity contribution is 5.92. The lowest BCUT2D eigenvalue weighted by Crippen LogP contribution is -2.20. The Morgan fingerprint density at radius 1 is 1.14 bits per heavy atom. The highest BCUT2D eigenvalue weighted by Gasteiger charge is 2.09. The highest BCUT2D eigenvalue weighted by atomic mass is 16.5. The Kier molecular flexibility index (Phi) is 7.54. The lowest BCUT2D eigenvalue weighted by Gasteiger charge is -2.11. The molecular weight excluding hydrogens is 360 g/mol. The third-order valence-corrected chi connectivity index (χ3v) is 3.52. The number of nitrogens with one attached hydrogen (secondary N) is 2. The minimum absolute atomic E-state index is 0.179. The molecule has 0 aliphatic carbocycles. The summed E-state index contributed by atoms with van der Waals surface area (Å²) >= 11 is 0. The van der Waals surface area contributed by atoms with Crippen molar-refractivity contribution < 1.29 is 19.1 Å². The van der Waals surface area contributed by atoms with Gasteiger partial charge in [0, 0.05) is 5.69 Å². The number of benzene rings is 2. The first-order valence-electron chi connectivity index (χ1n) is 8.38. The number of carbonyl (C=O) groups excluding carboxylic acids is 2. The van der Waals surface area contributed by atoms with E-state index in [1.165, 1.54) is 13.3 Å². The van der Waals surface area contributed by atoms with Crippen LogP contribution in [0.15, 0.2) is 47.6 Å². The van der Waals surface area contributed by atoms with Crippen molar-refractivity contribution in [1.82, 2.24) is 5.43 Å². The predicted molar refractivity (Wildman–Crippen MR) is 104 cm³/mol.